The molecule has 0 bridgehead atoms. The van der Waals surface area contributed by atoms with Crippen molar-refractivity contribution < 1.29 is 9.15 Å². The summed E-state index contributed by atoms with van der Waals surface area (Å²) in [6, 6.07) is 16.0. The molecule has 0 fully saturated rings. The highest BCUT2D eigenvalue weighted by Crippen LogP contribution is 2.29. The average molecular weight is 387 g/mol. The number of hydrogen-bond acceptors (Lipinski definition) is 4. The van der Waals surface area contributed by atoms with Crippen molar-refractivity contribution in [1.82, 2.24) is 4.90 Å². The van der Waals surface area contributed by atoms with E-state index in [1.54, 1.807) is 17.6 Å². The normalized spacial score (nSPS) is 11.8. The third-order valence-electron chi connectivity index (χ3n) is 4.02. The molecule has 3 aromatic rings. The molecular formula is C20H22N2O2S2. The summed E-state index contributed by atoms with van der Waals surface area (Å²) in [5, 5.41) is 6.06. The van der Waals surface area contributed by atoms with Crippen LogP contribution < -0.4 is 10.1 Å². The Labute approximate surface area is 163 Å². The number of anilines is 1. The van der Waals surface area contributed by atoms with Crippen LogP contribution in [0.1, 0.15) is 30.5 Å². The second-order valence-electron chi connectivity index (χ2n) is 5.76. The number of benzene rings is 1. The first-order valence-electron chi connectivity index (χ1n) is 8.54. The van der Waals surface area contributed by atoms with Crippen LogP contribution in [0.5, 0.6) is 5.75 Å². The highest BCUT2D eigenvalue weighted by atomic mass is 32.1. The molecule has 3 rings (SSSR count). The lowest BCUT2D eigenvalue weighted by Gasteiger charge is -2.31. The zero-order valence-corrected chi connectivity index (χ0v) is 16.5. The summed E-state index contributed by atoms with van der Waals surface area (Å²) in [5.74, 6) is 1.66. The van der Waals surface area contributed by atoms with E-state index in [4.69, 9.17) is 21.4 Å². The summed E-state index contributed by atoms with van der Waals surface area (Å²) in [7, 11) is 0. The Morgan fingerprint density at radius 1 is 1.23 bits per heavy atom. The van der Waals surface area contributed by atoms with Crippen molar-refractivity contribution in [3.8, 4) is 5.75 Å². The van der Waals surface area contributed by atoms with E-state index in [9.17, 15) is 0 Å². The second-order valence-corrected chi connectivity index (χ2v) is 7.12. The third kappa shape index (κ3) is 4.45. The Hall–Kier alpha value is -2.31. The minimum absolute atomic E-state index is 0.124. The summed E-state index contributed by atoms with van der Waals surface area (Å²) in [6.45, 7) is 5.32. The van der Waals surface area contributed by atoms with Crippen LogP contribution in [0.15, 0.2) is 64.6 Å². The van der Waals surface area contributed by atoms with E-state index >= 15 is 0 Å². The van der Waals surface area contributed by atoms with Gasteiger partial charge in [-0.2, -0.15) is 0 Å². The number of furan rings is 1. The average Bonchev–Trinajstić information content (AvgIpc) is 3.35. The molecule has 0 amide bonds. The molecule has 1 aromatic carbocycles. The fraction of sp³-hybridized carbons (Fsp3) is 0.250. The summed E-state index contributed by atoms with van der Waals surface area (Å²) < 4.78 is 11.2. The molecule has 0 aliphatic heterocycles. The van der Waals surface area contributed by atoms with Gasteiger partial charge in [0.1, 0.15) is 11.5 Å². The minimum atomic E-state index is 0.124. The fourth-order valence-electron chi connectivity index (χ4n) is 2.68. The number of hydrogen-bond donors (Lipinski definition) is 1. The molecule has 1 atom stereocenters. The quantitative estimate of drug-likeness (QED) is 0.527. The first-order valence-corrected chi connectivity index (χ1v) is 9.83. The Morgan fingerprint density at radius 2 is 2.08 bits per heavy atom. The Bertz CT molecular complexity index is 816. The van der Waals surface area contributed by atoms with Crippen molar-refractivity contribution in [1.29, 1.82) is 0 Å². The first kappa shape index (κ1) is 18.5. The van der Waals surface area contributed by atoms with Gasteiger partial charge in [-0.05, 0) is 61.8 Å². The molecule has 0 saturated carbocycles. The molecule has 136 valence electrons. The zero-order chi connectivity index (χ0) is 18.4. The maximum absolute atomic E-state index is 5.75. The van der Waals surface area contributed by atoms with Gasteiger partial charge in [0.05, 0.1) is 31.1 Å². The van der Waals surface area contributed by atoms with Gasteiger partial charge in [0, 0.05) is 4.88 Å². The van der Waals surface area contributed by atoms with Gasteiger partial charge in [-0.3, -0.25) is 0 Å². The first-order chi connectivity index (χ1) is 12.7. The topological polar surface area (TPSA) is 37.6 Å². The number of ether oxygens (including phenoxy) is 1. The Balaban J connectivity index is 1.82. The van der Waals surface area contributed by atoms with Gasteiger partial charge in [0.2, 0.25) is 0 Å². The number of rotatable bonds is 7. The summed E-state index contributed by atoms with van der Waals surface area (Å²) in [5.41, 5.74) is 0.863. The molecule has 0 aliphatic carbocycles. The zero-order valence-electron chi connectivity index (χ0n) is 14.8. The molecular weight excluding hydrogens is 364 g/mol. The van der Waals surface area contributed by atoms with Gasteiger partial charge in [-0.25, -0.2) is 0 Å². The number of thiocarbonyl (C=S) groups is 1. The predicted octanol–water partition coefficient (Wildman–Crippen LogP) is 5.70. The molecule has 0 unspecified atom stereocenters. The van der Waals surface area contributed by atoms with Crippen molar-refractivity contribution in [2.75, 3.05) is 11.9 Å². The van der Waals surface area contributed by atoms with Crippen molar-refractivity contribution in [2.24, 2.45) is 0 Å². The lowest BCUT2D eigenvalue weighted by molar-refractivity contribution is 0.306. The minimum Gasteiger partial charge on any atom is -0.492 e. The van der Waals surface area contributed by atoms with E-state index in [0.29, 0.717) is 18.3 Å². The molecule has 0 aliphatic rings. The van der Waals surface area contributed by atoms with Crippen LogP contribution in [0, 0.1) is 0 Å². The monoisotopic (exact) mass is 386 g/mol. The molecule has 2 heterocycles. The predicted molar refractivity (Wildman–Crippen MR) is 111 cm³/mol. The van der Waals surface area contributed by atoms with Crippen LogP contribution in [-0.2, 0) is 6.54 Å². The van der Waals surface area contributed by atoms with Crippen LogP contribution in [0.2, 0.25) is 0 Å². The maximum Gasteiger partial charge on any atom is 0.174 e. The molecule has 1 N–H and O–H groups in total. The van der Waals surface area contributed by atoms with Crippen molar-refractivity contribution in [3.63, 3.8) is 0 Å². The summed E-state index contributed by atoms with van der Waals surface area (Å²) in [6.07, 6.45) is 1.68. The van der Waals surface area contributed by atoms with Crippen molar-refractivity contribution in [3.05, 3.63) is 70.8 Å². The van der Waals surface area contributed by atoms with Crippen LogP contribution in [0.4, 0.5) is 5.69 Å². The van der Waals surface area contributed by atoms with Gasteiger partial charge in [-0.1, -0.05) is 18.2 Å². The SMILES string of the molecule is CCOc1ccccc1NC(=S)N(Cc1ccco1)[C@@H](C)c1cccs1. The number of nitrogens with zero attached hydrogens (tertiary/aromatic N) is 1. The third-order valence-corrected chi connectivity index (χ3v) is 5.40. The van der Waals surface area contributed by atoms with Crippen LogP contribution in [0.25, 0.3) is 0 Å². The van der Waals surface area contributed by atoms with E-state index in [1.165, 1.54) is 4.88 Å². The lowest BCUT2D eigenvalue weighted by Crippen LogP contribution is -2.36. The molecule has 26 heavy (non-hydrogen) atoms. The largest absolute Gasteiger partial charge is 0.492 e. The van der Waals surface area contributed by atoms with Crippen LogP contribution in [-0.4, -0.2) is 16.6 Å². The van der Waals surface area contributed by atoms with Crippen LogP contribution in [0.3, 0.4) is 0 Å². The summed E-state index contributed by atoms with van der Waals surface area (Å²) in [4.78, 5) is 3.38. The van der Waals surface area contributed by atoms with Crippen molar-refractivity contribution in [2.45, 2.75) is 26.4 Å². The molecule has 0 saturated heterocycles. The highest BCUT2D eigenvalue weighted by molar-refractivity contribution is 7.80. The highest BCUT2D eigenvalue weighted by Gasteiger charge is 2.21. The number of para-hydroxylation sites is 2. The maximum atomic E-state index is 5.75. The van der Waals surface area contributed by atoms with Crippen LogP contribution >= 0.6 is 23.6 Å². The molecule has 2 aromatic heterocycles. The van der Waals surface area contributed by atoms with Gasteiger partial charge in [0.15, 0.2) is 5.11 Å². The van der Waals surface area contributed by atoms with Gasteiger partial charge in [0.25, 0.3) is 0 Å². The molecule has 4 nitrogen and oxygen atoms in total. The standard InChI is InChI=1S/C20H22N2O2S2/c1-3-23-18-10-5-4-9-17(18)21-20(25)22(14-16-8-6-12-24-16)15(2)19-11-7-13-26-19/h4-13,15H,3,14H2,1-2H3,(H,21,25)/t15-/m0/s1. The van der Waals surface area contributed by atoms with Gasteiger partial charge in [-0.15, -0.1) is 11.3 Å². The fourth-order valence-corrected chi connectivity index (χ4v) is 3.80. The van der Waals surface area contributed by atoms with E-state index in [1.807, 2.05) is 43.3 Å². The van der Waals surface area contributed by atoms with E-state index < -0.39 is 0 Å². The second kappa shape index (κ2) is 8.87. The Morgan fingerprint density at radius 3 is 2.77 bits per heavy atom. The van der Waals surface area contributed by atoms with Gasteiger partial charge >= 0.3 is 0 Å². The summed E-state index contributed by atoms with van der Waals surface area (Å²) >= 11 is 7.47. The molecule has 0 radical (unpaired) electrons. The smallest absolute Gasteiger partial charge is 0.174 e. The van der Waals surface area contributed by atoms with E-state index in [-0.39, 0.29) is 6.04 Å². The van der Waals surface area contributed by atoms with E-state index in [2.05, 4.69) is 34.7 Å². The Kier molecular flexibility index (Phi) is 6.30. The van der Waals surface area contributed by atoms with Crippen molar-refractivity contribution >= 4 is 34.4 Å². The number of nitrogens with one attached hydrogen (secondary N) is 1. The van der Waals surface area contributed by atoms with Gasteiger partial charge < -0.3 is 19.4 Å². The lowest BCUT2D eigenvalue weighted by atomic mass is 10.2. The van der Waals surface area contributed by atoms with E-state index in [0.717, 1.165) is 17.2 Å². The number of thiophene rings is 1. The molecule has 6 heteroatoms. The molecule has 0 spiro atoms.